The van der Waals surface area contributed by atoms with Crippen molar-refractivity contribution in [2.45, 2.75) is 26.4 Å². The van der Waals surface area contributed by atoms with E-state index < -0.39 is 6.10 Å². The van der Waals surface area contributed by atoms with Crippen LogP contribution in [-0.2, 0) is 14.3 Å². The third kappa shape index (κ3) is 2.04. The standard InChI is InChI=1S/C6H9NO3.C2H6/c1-7-5(8)3-4(10-2)6(7)9;1-2/h4H,3H2,1-2H3;1-2H3. The zero-order valence-electron chi connectivity index (χ0n) is 7.96. The van der Waals surface area contributed by atoms with Crippen molar-refractivity contribution >= 4 is 11.8 Å². The molecule has 1 unspecified atom stereocenters. The van der Waals surface area contributed by atoms with Crippen LogP contribution in [0.3, 0.4) is 0 Å². The summed E-state index contributed by atoms with van der Waals surface area (Å²) in [5, 5.41) is 0. The Morgan fingerprint density at radius 1 is 1.42 bits per heavy atom. The number of hydrogen-bond acceptors (Lipinski definition) is 3. The maximum atomic E-state index is 10.9. The molecule has 1 aliphatic rings. The molecule has 1 fully saturated rings. The van der Waals surface area contributed by atoms with Crippen LogP contribution in [0.15, 0.2) is 0 Å². The van der Waals surface area contributed by atoms with Crippen molar-refractivity contribution < 1.29 is 14.3 Å². The molecule has 0 aromatic rings. The number of likely N-dealkylation sites (N-methyl/N-ethyl adjacent to an activating group) is 1. The second kappa shape index (κ2) is 4.87. The molecule has 0 spiro atoms. The molecule has 1 heterocycles. The van der Waals surface area contributed by atoms with Gasteiger partial charge >= 0.3 is 0 Å². The van der Waals surface area contributed by atoms with E-state index in [-0.39, 0.29) is 18.2 Å². The van der Waals surface area contributed by atoms with Gasteiger partial charge in [-0.2, -0.15) is 0 Å². The van der Waals surface area contributed by atoms with Gasteiger partial charge in [0.15, 0.2) is 0 Å². The number of amides is 2. The van der Waals surface area contributed by atoms with Crippen LogP contribution >= 0.6 is 0 Å². The lowest BCUT2D eigenvalue weighted by molar-refractivity contribution is -0.139. The zero-order valence-corrected chi connectivity index (χ0v) is 7.96. The molecule has 1 aliphatic heterocycles. The van der Waals surface area contributed by atoms with Crippen LogP contribution in [-0.4, -0.2) is 37.0 Å². The van der Waals surface area contributed by atoms with Gasteiger partial charge in [-0.05, 0) is 0 Å². The molecule has 0 saturated carbocycles. The third-order valence-electron chi connectivity index (χ3n) is 1.62. The fraction of sp³-hybridized carbons (Fsp3) is 0.750. The Hall–Kier alpha value is -0.900. The van der Waals surface area contributed by atoms with E-state index in [4.69, 9.17) is 4.74 Å². The van der Waals surface area contributed by atoms with Crippen LogP contribution in [0.4, 0.5) is 0 Å². The van der Waals surface area contributed by atoms with Crippen molar-refractivity contribution in [3.63, 3.8) is 0 Å². The lowest BCUT2D eigenvalue weighted by atomic mass is 10.3. The van der Waals surface area contributed by atoms with E-state index in [0.717, 1.165) is 4.90 Å². The second-order valence-corrected chi connectivity index (χ2v) is 2.22. The summed E-state index contributed by atoms with van der Waals surface area (Å²) in [7, 11) is 2.89. The summed E-state index contributed by atoms with van der Waals surface area (Å²) < 4.78 is 4.75. The Balaban J connectivity index is 0.000000561. The predicted octanol–water partition coefficient (Wildman–Crippen LogP) is 0.416. The highest BCUT2D eigenvalue weighted by atomic mass is 16.5. The van der Waals surface area contributed by atoms with Crippen molar-refractivity contribution in [3.05, 3.63) is 0 Å². The fourth-order valence-electron chi connectivity index (χ4n) is 0.906. The molecular weight excluding hydrogens is 158 g/mol. The van der Waals surface area contributed by atoms with Crippen LogP contribution in [0.2, 0.25) is 0 Å². The number of likely N-dealkylation sites (tertiary alicyclic amines) is 1. The number of hydrogen-bond donors (Lipinski definition) is 0. The van der Waals surface area contributed by atoms with Gasteiger partial charge < -0.3 is 4.74 Å². The van der Waals surface area contributed by atoms with Crippen LogP contribution in [0.1, 0.15) is 20.3 Å². The van der Waals surface area contributed by atoms with Crippen molar-refractivity contribution in [1.29, 1.82) is 0 Å². The average Bonchev–Trinajstić information content (AvgIpc) is 2.36. The molecule has 70 valence electrons. The first-order chi connectivity index (χ1) is 5.66. The molecule has 4 heteroatoms. The van der Waals surface area contributed by atoms with E-state index in [1.165, 1.54) is 14.2 Å². The lowest BCUT2D eigenvalue weighted by Gasteiger charge is -2.05. The maximum Gasteiger partial charge on any atom is 0.258 e. The molecule has 0 bridgehead atoms. The van der Waals surface area contributed by atoms with Crippen LogP contribution in [0.25, 0.3) is 0 Å². The van der Waals surface area contributed by atoms with E-state index in [1.54, 1.807) is 0 Å². The summed E-state index contributed by atoms with van der Waals surface area (Å²) in [5.74, 6) is -0.413. The van der Waals surface area contributed by atoms with E-state index in [1.807, 2.05) is 13.8 Å². The van der Waals surface area contributed by atoms with Crippen LogP contribution in [0.5, 0.6) is 0 Å². The number of ether oxygens (including phenoxy) is 1. The van der Waals surface area contributed by atoms with Gasteiger partial charge in [0, 0.05) is 14.2 Å². The van der Waals surface area contributed by atoms with Gasteiger partial charge in [0.1, 0.15) is 6.10 Å². The Bertz CT molecular complexity index is 179. The number of imide groups is 1. The van der Waals surface area contributed by atoms with Gasteiger partial charge in [0.2, 0.25) is 5.91 Å². The van der Waals surface area contributed by atoms with Crippen molar-refractivity contribution in [2.75, 3.05) is 14.2 Å². The summed E-state index contributed by atoms with van der Waals surface area (Å²) in [6, 6.07) is 0. The van der Waals surface area contributed by atoms with Gasteiger partial charge in [-0.3, -0.25) is 14.5 Å². The summed E-state index contributed by atoms with van der Waals surface area (Å²) in [5.41, 5.74) is 0. The highest BCUT2D eigenvalue weighted by Gasteiger charge is 2.35. The Kier molecular flexibility index (Phi) is 4.51. The highest BCUT2D eigenvalue weighted by Crippen LogP contribution is 2.12. The number of methoxy groups -OCH3 is 1. The summed E-state index contributed by atoms with van der Waals surface area (Å²) in [4.78, 5) is 22.8. The number of carbonyl (C=O) groups excluding carboxylic acids is 2. The minimum atomic E-state index is -0.544. The highest BCUT2D eigenvalue weighted by molar-refractivity contribution is 6.04. The Morgan fingerprint density at radius 2 is 1.92 bits per heavy atom. The summed E-state index contributed by atoms with van der Waals surface area (Å²) in [6.07, 6.45) is -0.358. The van der Waals surface area contributed by atoms with Gasteiger partial charge in [-0.25, -0.2) is 0 Å². The van der Waals surface area contributed by atoms with E-state index in [9.17, 15) is 9.59 Å². The average molecular weight is 173 g/mol. The normalized spacial score (nSPS) is 22.3. The van der Waals surface area contributed by atoms with E-state index >= 15 is 0 Å². The minimum absolute atomic E-state index is 0.170. The Labute approximate surface area is 72.5 Å². The topological polar surface area (TPSA) is 46.6 Å². The summed E-state index contributed by atoms with van der Waals surface area (Å²) >= 11 is 0. The van der Waals surface area contributed by atoms with E-state index in [0.29, 0.717) is 0 Å². The van der Waals surface area contributed by atoms with Gasteiger partial charge in [0.05, 0.1) is 6.42 Å². The van der Waals surface area contributed by atoms with E-state index in [2.05, 4.69) is 0 Å². The third-order valence-corrected chi connectivity index (χ3v) is 1.62. The molecule has 2 amide bonds. The molecule has 12 heavy (non-hydrogen) atoms. The summed E-state index contributed by atoms with van der Waals surface area (Å²) in [6.45, 7) is 4.00. The predicted molar refractivity (Wildman–Crippen MR) is 44.5 cm³/mol. The molecular formula is C8H15NO3. The first-order valence-electron chi connectivity index (χ1n) is 4.00. The first-order valence-corrected chi connectivity index (χ1v) is 4.00. The fourth-order valence-corrected chi connectivity index (χ4v) is 0.906. The molecule has 0 radical (unpaired) electrons. The lowest BCUT2D eigenvalue weighted by Crippen LogP contribution is -2.28. The first kappa shape index (κ1) is 11.1. The zero-order chi connectivity index (χ0) is 9.72. The number of rotatable bonds is 1. The van der Waals surface area contributed by atoms with Gasteiger partial charge in [-0.15, -0.1) is 0 Å². The molecule has 4 nitrogen and oxygen atoms in total. The van der Waals surface area contributed by atoms with Crippen molar-refractivity contribution in [3.8, 4) is 0 Å². The van der Waals surface area contributed by atoms with Crippen molar-refractivity contribution in [1.82, 2.24) is 4.90 Å². The quantitative estimate of drug-likeness (QED) is 0.540. The number of carbonyl (C=O) groups is 2. The smallest absolute Gasteiger partial charge is 0.258 e. The number of nitrogens with zero attached hydrogens (tertiary/aromatic N) is 1. The van der Waals surface area contributed by atoms with Crippen molar-refractivity contribution in [2.24, 2.45) is 0 Å². The Morgan fingerprint density at radius 3 is 2.08 bits per heavy atom. The molecule has 1 atom stereocenters. The van der Waals surface area contributed by atoms with Gasteiger partial charge in [-0.1, -0.05) is 13.8 Å². The minimum Gasteiger partial charge on any atom is -0.371 e. The molecule has 0 aliphatic carbocycles. The molecule has 1 rings (SSSR count). The molecule has 0 N–H and O–H groups in total. The second-order valence-electron chi connectivity index (χ2n) is 2.22. The SMILES string of the molecule is CC.COC1CC(=O)N(C)C1=O. The monoisotopic (exact) mass is 173 g/mol. The van der Waals surface area contributed by atoms with Crippen LogP contribution < -0.4 is 0 Å². The van der Waals surface area contributed by atoms with Gasteiger partial charge in [0.25, 0.3) is 5.91 Å². The molecule has 1 saturated heterocycles. The molecule has 0 aromatic heterocycles. The van der Waals surface area contributed by atoms with Crippen LogP contribution in [0, 0.1) is 0 Å². The maximum absolute atomic E-state index is 10.9. The molecule has 0 aromatic carbocycles. The largest absolute Gasteiger partial charge is 0.371 e.